The van der Waals surface area contributed by atoms with Gasteiger partial charge >= 0.3 is 5.97 Å². The number of carbonyl (C=O) groups is 1. The SMILES string of the molecule is C=CC(=O)OC(C1CCCCCCC1)C1CCCCCCC1. The third-order valence-corrected chi connectivity index (χ3v) is 5.65. The van der Waals surface area contributed by atoms with E-state index in [4.69, 9.17) is 4.74 Å². The molecule has 2 aliphatic rings. The normalized spacial score (nSPS) is 23.1. The number of rotatable bonds is 4. The summed E-state index contributed by atoms with van der Waals surface area (Å²) in [6.45, 7) is 3.60. The molecule has 2 heteroatoms. The highest BCUT2D eigenvalue weighted by molar-refractivity contribution is 5.81. The molecule has 0 amide bonds. The molecule has 0 spiro atoms. The minimum absolute atomic E-state index is 0.140. The van der Waals surface area contributed by atoms with Crippen LogP contribution in [-0.2, 0) is 9.53 Å². The highest BCUT2D eigenvalue weighted by Crippen LogP contribution is 2.35. The van der Waals surface area contributed by atoms with Gasteiger partial charge in [-0.15, -0.1) is 0 Å². The summed E-state index contributed by atoms with van der Waals surface area (Å²) < 4.78 is 5.91. The molecule has 0 heterocycles. The van der Waals surface area contributed by atoms with Gasteiger partial charge in [0.2, 0.25) is 0 Å². The van der Waals surface area contributed by atoms with Crippen LogP contribution in [0.2, 0.25) is 0 Å². The van der Waals surface area contributed by atoms with Gasteiger partial charge in [0.05, 0.1) is 0 Å². The van der Waals surface area contributed by atoms with Crippen molar-refractivity contribution >= 4 is 5.97 Å². The molecule has 0 aromatic carbocycles. The van der Waals surface area contributed by atoms with Crippen LogP contribution >= 0.6 is 0 Å². The van der Waals surface area contributed by atoms with E-state index >= 15 is 0 Å². The maximum Gasteiger partial charge on any atom is 0.330 e. The Morgan fingerprint density at radius 2 is 1.14 bits per heavy atom. The molecule has 22 heavy (non-hydrogen) atoms. The number of hydrogen-bond acceptors (Lipinski definition) is 2. The highest BCUT2D eigenvalue weighted by Gasteiger charge is 2.32. The second-order valence-corrected chi connectivity index (χ2v) is 7.32. The topological polar surface area (TPSA) is 26.3 Å². The minimum Gasteiger partial charge on any atom is -0.459 e. The first-order valence-electron chi connectivity index (χ1n) is 9.64. The van der Waals surface area contributed by atoms with Gasteiger partial charge in [-0.25, -0.2) is 4.79 Å². The zero-order chi connectivity index (χ0) is 15.6. The molecular weight excluding hydrogens is 272 g/mol. The first-order valence-corrected chi connectivity index (χ1v) is 9.64. The Morgan fingerprint density at radius 3 is 1.50 bits per heavy atom. The van der Waals surface area contributed by atoms with Crippen LogP contribution in [0.25, 0.3) is 0 Å². The average molecular weight is 306 g/mol. The molecule has 2 nitrogen and oxygen atoms in total. The molecule has 0 aromatic rings. The molecular formula is C20H34O2. The molecule has 2 saturated carbocycles. The Hall–Kier alpha value is -0.790. The molecule has 126 valence electrons. The lowest BCUT2D eigenvalue weighted by Gasteiger charge is -2.35. The van der Waals surface area contributed by atoms with Crippen LogP contribution in [0, 0.1) is 11.8 Å². The third kappa shape index (κ3) is 5.78. The zero-order valence-electron chi connectivity index (χ0n) is 14.2. The molecule has 2 fully saturated rings. The molecule has 2 aliphatic carbocycles. The molecule has 0 unspecified atom stereocenters. The Bertz CT molecular complexity index is 299. The van der Waals surface area contributed by atoms with Crippen molar-refractivity contribution in [1.29, 1.82) is 0 Å². The van der Waals surface area contributed by atoms with E-state index in [1.54, 1.807) is 0 Å². The molecule has 0 N–H and O–H groups in total. The molecule has 2 rings (SSSR count). The Morgan fingerprint density at radius 1 is 0.773 bits per heavy atom. The van der Waals surface area contributed by atoms with Gasteiger partial charge in [0.1, 0.15) is 6.10 Å². The summed E-state index contributed by atoms with van der Waals surface area (Å²) in [7, 11) is 0. The highest BCUT2D eigenvalue weighted by atomic mass is 16.5. The Balaban J connectivity index is 2.04. The lowest BCUT2D eigenvalue weighted by molar-refractivity contribution is -0.150. The quantitative estimate of drug-likeness (QED) is 0.484. The molecule has 0 aromatic heterocycles. The van der Waals surface area contributed by atoms with Crippen molar-refractivity contribution in [1.82, 2.24) is 0 Å². The number of carbonyl (C=O) groups excluding carboxylic acids is 1. The smallest absolute Gasteiger partial charge is 0.330 e. The molecule has 0 radical (unpaired) electrons. The first-order chi connectivity index (χ1) is 10.8. The van der Waals surface area contributed by atoms with Crippen LogP contribution in [-0.4, -0.2) is 12.1 Å². The first kappa shape index (κ1) is 17.6. The van der Waals surface area contributed by atoms with E-state index in [-0.39, 0.29) is 12.1 Å². The summed E-state index contributed by atoms with van der Waals surface area (Å²) in [5.74, 6) is 0.941. The van der Waals surface area contributed by atoms with Gasteiger partial charge in [0.15, 0.2) is 0 Å². The van der Waals surface area contributed by atoms with Crippen molar-refractivity contribution in [3.63, 3.8) is 0 Å². The number of esters is 1. The Labute approximate surface area is 136 Å². The van der Waals surface area contributed by atoms with Crippen molar-refractivity contribution < 1.29 is 9.53 Å². The van der Waals surface area contributed by atoms with Gasteiger partial charge in [-0.05, 0) is 37.5 Å². The zero-order valence-corrected chi connectivity index (χ0v) is 14.2. The van der Waals surface area contributed by atoms with E-state index in [0.29, 0.717) is 11.8 Å². The minimum atomic E-state index is -0.214. The monoisotopic (exact) mass is 306 g/mol. The number of hydrogen-bond donors (Lipinski definition) is 0. The van der Waals surface area contributed by atoms with E-state index in [0.717, 1.165) is 0 Å². The Kier molecular flexibility index (Phi) is 8.04. The predicted octanol–water partition coefficient (Wildman–Crippen LogP) is 5.81. The van der Waals surface area contributed by atoms with Crippen molar-refractivity contribution in [2.45, 2.75) is 96.0 Å². The standard InChI is InChI=1S/C20H34O2/c1-2-19(21)22-20(17-13-9-5-3-6-10-14-17)18-15-11-7-4-8-12-16-18/h2,17-18,20H,1,3-16H2. The summed E-state index contributed by atoms with van der Waals surface area (Å²) in [6.07, 6.45) is 19.8. The predicted molar refractivity (Wildman–Crippen MR) is 91.7 cm³/mol. The van der Waals surface area contributed by atoms with Crippen LogP contribution in [0.4, 0.5) is 0 Å². The van der Waals surface area contributed by atoms with Gasteiger partial charge in [0.25, 0.3) is 0 Å². The van der Waals surface area contributed by atoms with Crippen molar-refractivity contribution in [2.24, 2.45) is 11.8 Å². The summed E-state index contributed by atoms with van der Waals surface area (Å²) in [4.78, 5) is 11.9. The maximum absolute atomic E-state index is 11.9. The van der Waals surface area contributed by atoms with E-state index < -0.39 is 0 Å². The van der Waals surface area contributed by atoms with Gasteiger partial charge < -0.3 is 4.74 Å². The van der Waals surface area contributed by atoms with E-state index in [9.17, 15) is 4.79 Å². The largest absolute Gasteiger partial charge is 0.459 e. The van der Waals surface area contributed by atoms with Gasteiger partial charge in [0, 0.05) is 6.08 Å². The van der Waals surface area contributed by atoms with Crippen LogP contribution in [0.5, 0.6) is 0 Å². The van der Waals surface area contributed by atoms with E-state index in [1.165, 1.54) is 96.0 Å². The molecule has 0 bridgehead atoms. The fourth-order valence-electron chi connectivity index (χ4n) is 4.39. The lowest BCUT2D eigenvalue weighted by Crippen LogP contribution is -2.35. The second kappa shape index (κ2) is 10.1. The third-order valence-electron chi connectivity index (χ3n) is 5.65. The van der Waals surface area contributed by atoms with E-state index in [2.05, 4.69) is 6.58 Å². The van der Waals surface area contributed by atoms with Crippen LogP contribution in [0.15, 0.2) is 12.7 Å². The van der Waals surface area contributed by atoms with Crippen molar-refractivity contribution in [2.75, 3.05) is 0 Å². The van der Waals surface area contributed by atoms with Crippen LogP contribution in [0.3, 0.4) is 0 Å². The second-order valence-electron chi connectivity index (χ2n) is 7.32. The van der Waals surface area contributed by atoms with Crippen LogP contribution < -0.4 is 0 Å². The summed E-state index contributed by atoms with van der Waals surface area (Å²) in [5, 5.41) is 0. The summed E-state index contributed by atoms with van der Waals surface area (Å²) in [5.41, 5.74) is 0. The molecule has 0 aliphatic heterocycles. The number of ether oxygens (including phenoxy) is 1. The summed E-state index contributed by atoms with van der Waals surface area (Å²) >= 11 is 0. The lowest BCUT2D eigenvalue weighted by atomic mass is 9.77. The van der Waals surface area contributed by atoms with E-state index in [1.807, 2.05) is 0 Å². The van der Waals surface area contributed by atoms with Crippen LogP contribution in [0.1, 0.15) is 89.9 Å². The molecule has 0 saturated heterocycles. The average Bonchev–Trinajstić information content (AvgIpc) is 2.45. The maximum atomic E-state index is 11.9. The van der Waals surface area contributed by atoms with Gasteiger partial charge in [-0.1, -0.05) is 70.8 Å². The van der Waals surface area contributed by atoms with Crippen molar-refractivity contribution in [3.8, 4) is 0 Å². The fraction of sp³-hybridized carbons (Fsp3) is 0.850. The van der Waals surface area contributed by atoms with Gasteiger partial charge in [-0.3, -0.25) is 0 Å². The van der Waals surface area contributed by atoms with Crippen molar-refractivity contribution in [3.05, 3.63) is 12.7 Å². The summed E-state index contributed by atoms with van der Waals surface area (Å²) in [6, 6.07) is 0. The van der Waals surface area contributed by atoms with Gasteiger partial charge in [-0.2, -0.15) is 0 Å². The fourth-order valence-corrected chi connectivity index (χ4v) is 4.39. The molecule has 0 atom stereocenters.